The van der Waals surface area contributed by atoms with E-state index in [0.717, 1.165) is 5.56 Å². The second-order valence-electron chi connectivity index (χ2n) is 5.80. The lowest BCUT2D eigenvalue weighted by Gasteiger charge is -2.31. The molecule has 1 aromatic carbocycles. The molecule has 0 aliphatic carbocycles. The normalized spacial score (nSPS) is 21.7. The second-order valence-corrected chi connectivity index (χ2v) is 5.80. The van der Waals surface area contributed by atoms with Crippen molar-refractivity contribution >= 4 is 5.91 Å². The maximum atomic E-state index is 13.0. The summed E-state index contributed by atoms with van der Waals surface area (Å²) >= 11 is 0. The van der Waals surface area contributed by atoms with Crippen molar-refractivity contribution in [1.82, 2.24) is 4.90 Å². The summed E-state index contributed by atoms with van der Waals surface area (Å²) in [6.07, 6.45) is 1.05. The molecule has 1 N–H and O–H groups in total. The molecule has 0 bridgehead atoms. The van der Waals surface area contributed by atoms with Crippen LogP contribution < -0.4 is 0 Å². The number of β-amino-alcohol motifs (C(OH)–C–C–N with tert-alkyl or cyclic N) is 1. The highest BCUT2D eigenvalue weighted by molar-refractivity contribution is 5.77. The van der Waals surface area contributed by atoms with Crippen molar-refractivity contribution in [2.45, 2.75) is 44.8 Å². The van der Waals surface area contributed by atoms with Crippen LogP contribution in [-0.2, 0) is 11.2 Å². The smallest absolute Gasteiger partial charge is 0.223 e. The molecule has 1 saturated heterocycles. The van der Waals surface area contributed by atoms with E-state index in [-0.39, 0.29) is 17.3 Å². The van der Waals surface area contributed by atoms with Crippen LogP contribution in [0.3, 0.4) is 0 Å². The summed E-state index contributed by atoms with van der Waals surface area (Å²) < 4.78 is 13.0. The Hall–Kier alpha value is -1.42. The van der Waals surface area contributed by atoms with Gasteiger partial charge < -0.3 is 10.0 Å². The Bertz CT molecular complexity index is 473. The van der Waals surface area contributed by atoms with Gasteiger partial charge in [-0.1, -0.05) is 12.1 Å². The van der Waals surface area contributed by atoms with Crippen molar-refractivity contribution in [2.75, 3.05) is 6.54 Å². The third-order valence-electron chi connectivity index (χ3n) is 3.68. The van der Waals surface area contributed by atoms with E-state index in [0.29, 0.717) is 25.8 Å². The number of aliphatic hydroxyl groups excluding tert-OH is 1. The second kappa shape index (κ2) is 5.29. The van der Waals surface area contributed by atoms with Gasteiger partial charge in [-0.15, -0.1) is 0 Å². The van der Waals surface area contributed by atoms with Gasteiger partial charge in [0, 0.05) is 18.5 Å². The zero-order valence-electron chi connectivity index (χ0n) is 11.4. The number of hydrogen-bond donors (Lipinski definition) is 1. The summed E-state index contributed by atoms with van der Waals surface area (Å²) in [5, 5.41) is 9.66. The number of aryl methyl sites for hydroxylation is 1. The topological polar surface area (TPSA) is 40.5 Å². The first-order chi connectivity index (χ1) is 8.88. The molecule has 1 amide bonds. The zero-order valence-corrected chi connectivity index (χ0v) is 11.4. The molecule has 19 heavy (non-hydrogen) atoms. The van der Waals surface area contributed by atoms with Gasteiger partial charge in [-0.2, -0.15) is 0 Å². The molecule has 2 rings (SSSR count). The number of rotatable bonds is 3. The zero-order chi connectivity index (χ0) is 14.0. The van der Waals surface area contributed by atoms with Gasteiger partial charge in [-0.25, -0.2) is 4.39 Å². The monoisotopic (exact) mass is 265 g/mol. The Labute approximate surface area is 113 Å². The maximum Gasteiger partial charge on any atom is 0.223 e. The predicted molar refractivity (Wildman–Crippen MR) is 71.1 cm³/mol. The van der Waals surface area contributed by atoms with Crippen molar-refractivity contribution in [3.8, 4) is 0 Å². The van der Waals surface area contributed by atoms with Gasteiger partial charge in [-0.3, -0.25) is 4.79 Å². The van der Waals surface area contributed by atoms with Crippen LogP contribution >= 0.6 is 0 Å². The molecule has 4 heteroatoms. The molecule has 0 aromatic heterocycles. The van der Waals surface area contributed by atoms with Crippen LogP contribution in [0, 0.1) is 5.82 Å². The van der Waals surface area contributed by atoms with Crippen molar-refractivity contribution in [2.24, 2.45) is 0 Å². The average Bonchev–Trinajstić information content (AvgIpc) is 2.59. The Morgan fingerprint density at radius 1 is 1.53 bits per heavy atom. The maximum absolute atomic E-state index is 13.0. The van der Waals surface area contributed by atoms with Crippen LogP contribution in [0.25, 0.3) is 0 Å². The first-order valence-corrected chi connectivity index (χ1v) is 6.61. The molecule has 1 aromatic rings. The number of benzene rings is 1. The fourth-order valence-electron chi connectivity index (χ4n) is 2.73. The van der Waals surface area contributed by atoms with Gasteiger partial charge in [0.2, 0.25) is 5.91 Å². The summed E-state index contributed by atoms with van der Waals surface area (Å²) in [6.45, 7) is 4.32. The minimum absolute atomic E-state index is 0.0193. The van der Waals surface area contributed by atoms with E-state index in [1.807, 2.05) is 19.9 Å². The minimum atomic E-state index is -0.437. The molecular weight excluding hydrogens is 245 g/mol. The Morgan fingerprint density at radius 3 is 2.84 bits per heavy atom. The van der Waals surface area contributed by atoms with Gasteiger partial charge in [0.05, 0.1) is 6.10 Å². The van der Waals surface area contributed by atoms with Crippen LogP contribution in [-0.4, -0.2) is 34.1 Å². The summed E-state index contributed by atoms with van der Waals surface area (Å²) in [7, 11) is 0. The summed E-state index contributed by atoms with van der Waals surface area (Å²) in [5.74, 6) is -0.257. The quantitative estimate of drug-likeness (QED) is 0.909. The molecule has 1 atom stereocenters. The molecule has 104 valence electrons. The van der Waals surface area contributed by atoms with Gasteiger partial charge in [0.1, 0.15) is 5.82 Å². The molecular formula is C15H20FNO2. The van der Waals surface area contributed by atoms with E-state index in [2.05, 4.69) is 0 Å². The lowest BCUT2D eigenvalue weighted by molar-refractivity contribution is -0.134. The standard InChI is InChI=1S/C15H20FNO2/c1-15(2)9-13(18)10-17(15)14(19)7-6-11-4-3-5-12(16)8-11/h3-5,8,13,18H,6-7,9-10H2,1-2H3. The van der Waals surface area contributed by atoms with Gasteiger partial charge in [-0.05, 0) is 44.4 Å². The fourth-order valence-corrected chi connectivity index (χ4v) is 2.73. The molecule has 1 fully saturated rings. The lowest BCUT2D eigenvalue weighted by Crippen LogP contribution is -2.42. The van der Waals surface area contributed by atoms with Gasteiger partial charge >= 0.3 is 0 Å². The number of aliphatic hydroxyl groups is 1. The van der Waals surface area contributed by atoms with Crippen molar-refractivity contribution in [3.63, 3.8) is 0 Å². The SMILES string of the molecule is CC1(C)CC(O)CN1C(=O)CCc1cccc(F)c1. The summed E-state index contributed by atoms with van der Waals surface area (Å²) in [5.41, 5.74) is 0.532. The highest BCUT2D eigenvalue weighted by Gasteiger charge is 2.39. The lowest BCUT2D eigenvalue weighted by atomic mass is 10.0. The van der Waals surface area contributed by atoms with Crippen LogP contribution in [0.5, 0.6) is 0 Å². The Balaban J connectivity index is 1.95. The number of amides is 1. The van der Waals surface area contributed by atoms with E-state index in [1.54, 1.807) is 11.0 Å². The van der Waals surface area contributed by atoms with Gasteiger partial charge in [0.15, 0.2) is 0 Å². The van der Waals surface area contributed by atoms with Crippen LogP contribution in [0.2, 0.25) is 0 Å². The summed E-state index contributed by atoms with van der Waals surface area (Å²) in [4.78, 5) is 13.9. The predicted octanol–water partition coefficient (Wildman–Crippen LogP) is 2.13. The van der Waals surface area contributed by atoms with E-state index in [9.17, 15) is 14.3 Å². The third kappa shape index (κ3) is 3.32. The highest BCUT2D eigenvalue weighted by Crippen LogP contribution is 2.29. The average molecular weight is 265 g/mol. The minimum Gasteiger partial charge on any atom is -0.391 e. The largest absolute Gasteiger partial charge is 0.391 e. The molecule has 3 nitrogen and oxygen atoms in total. The first kappa shape index (κ1) is 14.0. The molecule has 0 radical (unpaired) electrons. The number of carbonyl (C=O) groups is 1. The Morgan fingerprint density at radius 2 is 2.26 bits per heavy atom. The molecule has 0 saturated carbocycles. The van der Waals surface area contributed by atoms with Gasteiger partial charge in [0.25, 0.3) is 0 Å². The third-order valence-corrected chi connectivity index (χ3v) is 3.68. The van der Waals surface area contributed by atoms with Crippen LogP contribution in [0.4, 0.5) is 4.39 Å². The molecule has 1 heterocycles. The molecule has 1 aliphatic heterocycles. The molecule has 1 aliphatic rings. The molecule has 1 unspecified atom stereocenters. The number of nitrogens with zero attached hydrogens (tertiary/aromatic N) is 1. The van der Waals surface area contributed by atoms with Crippen molar-refractivity contribution in [1.29, 1.82) is 0 Å². The number of halogens is 1. The van der Waals surface area contributed by atoms with Crippen LogP contribution in [0.15, 0.2) is 24.3 Å². The van der Waals surface area contributed by atoms with E-state index < -0.39 is 6.10 Å². The van der Waals surface area contributed by atoms with Crippen LogP contribution in [0.1, 0.15) is 32.3 Å². The Kier molecular flexibility index (Phi) is 3.90. The van der Waals surface area contributed by atoms with E-state index in [1.165, 1.54) is 12.1 Å². The first-order valence-electron chi connectivity index (χ1n) is 6.61. The fraction of sp³-hybridized carbons (Fsp3) is 0.533. The molecule has 0 spiro atoms. The number of carbonyl (C=O) groups excluding carboxylic acids is 1. The number of hydrogen-bond acceptors (Lipinski definition) is 2. The van der Waals surface area contributed by atoms with Crippen molar-refractivity contribution < 1.29 is 14.3 Å². The highest BCUT2D eigenvalue weighted by atomic mass is 19.1. The van der Waals surface area contributed by atoms with E-state index >= 15 is 0 Å². The number of likely N-dealkylation sites (tertiary alicyclic amines) is 1. The van der Waals surface area contributed by atoms with E-state index in [4.69, 9.17) is 0 Å². The van der Waals surface area contributed by atoms with Crippen molar-refractivity contribution in [3.05, 3.63) is 35.6 Å². The summed E-state index contributed by atoms with van der Waals surface area (Å²) in [6, 6.07) is 6.32.